The molecule has 21 heavy (non-hydrogen) atoms. The van der Waals surface area contributed by atoms with Crippen molar-refractivity contribution in [2.45, 2.75) is 37.5 Å². The Morgan fingerprint density at radius 2 is 2.10 bits per heavy atom. The molecular formula is C12H18N2O7. The second kappa shape index (κ2) is 6.50. The molecular weight excluding hydrogens is 284 g/mol. The molecule has 0 radical (unpaired) electrons. The van der Waals surface area contributed by atoms with Crippen molar-refractivity contribution in [3.63, 3.8) is 0 Å². The van der Waals surface area contributed by atoms with Crippen molar-refractivity contribution in [1.29, 1.82) is 0 Å². The molecule has 9 nitrogen and oxygen atoms in total. The maximum atomic E-state index is 12.2. The molecule has 4 N–H and O–H groups in total. The topological polar surface area (TPSA) is 134 Å². The Hall–Kier alpha value is -1.52. The average molecular weight is 302 g/mol. The van der Waals surface area contributed by atoms with Crippen molar-refractivity contribution in [2.75, 3.05) is 13.2 Å². The van der Waals surface area contributed by atoms with Crippen molar-refractivity contribution in [3.05, 3.63) is 33.1 Å². The minimum atomic E-state index is -1.23. The van der Waals surface area contributed by atoms with Crippen LogP contribution < -0.4 is 11.2 Å². The first-order chi connectivity index (χ1) is 9.97. The molecule has 0 amide bonds. The highest BCUT2D eigenvalue weighted by Crippen LogP contribution is 2.26. The van der Waals surface area contributed by atoms with Crippen molar-refractivity contribution in [3.8, 4) is 0 Å². The van der Waals surface area contributed by atoms with Gasteiger partial charge in [0.15, 0.2) is 0 Å². The SMILES string of the molecule is O=c1ccn(C2CC(O)C(CO)O2)c(=O)n1CC(O)CO. The van der Waals surface area contributed by atoms with E-state index in [2.05, 4.69) is 0 Å². The summed E-state index contributed by atoms with van der Waals surface area (Å²) in [6, 6.07) is 1.13. The number of aromatic nitrogens is 2. The molecule has 9 heteroatoms. The van der Waals surface area contributed by atoms with Gasteiger partial charge in [0, 0.05) is 18.7 Å². The molecule has 1 aromatic rings. The zero-order valence-electron chi connectivity index (χ0n) is 11.2. The van der Waals surface area contributed by atoms with Gasteiger partial charge < -0.3 is 25.2 Å². The highest BCUT2D eigenvalue weighted by molar-refractivity contribution is 4.91. The van der Waals surface area contributed by atoms with Crippen LogP contribution in [0.1, 0.15) is 12.6 Å². The van der Waals surface area contributed by atoms with Gasteiger partial charge in [0.1, 0.15) is 12.3 Å². The van der Waals surface area contributed by atoms with E-state index >= 15 is 0 Å². The lowest BCUT2D eigenvalue weighted by Crippen LogP contribution is -2.43. The predicted octanol–water partition coefficient (Wildman–Crippen LogP) is -3.00. The average Bonchev–Trinajstić information content (AvgIpc) is 2.84. The summed E-state index contributed by atoms with van der Waals surface area (Å²) in [5, 5.41) is 36.9. The van der Waals surface area contributed by atoms with E-state index in [0.717, 1.165) is 15.2 Å². The van der Waals surface area contributed by atoms with E-state index in [4.69, 9.17) is 14.9 Å². The third-order valence-electron chi connectivity index (χ3n) is 3.39. The van der Waals surface area contributed by atoms with Crippen LogP contribution in [0.5, 0.6) is 0 Å². The number of hydrogen-bond acceptors (Lipinski definition) is 7. The summed E-state index contributed by atoms with van der Waals surface area (Å²) in [4.78, 5) is 23.9. The lowest BCUT2D eigenvalue weighted by atomic mass is 10.2. The van der Waals surface area contributed by atoms with Crippen LogP contribution in [0.15, 0.2) is 21.9 Å². The Bertz CT molecular complexity index is 596. The fourth-order valence-corrected chi connectivity index (χ4v) is 2.24. The van der Waals surface area contributed by atoms with Crippen molar-refractivity contribution >= 4 is 0 Å². The molecule has 0 aliphatic carbocycles. The van der Waals surface area contributed by atoms with Crippen LogP contribution in [0.2, 0.25) is 0 Å². The van der Waals surface area contributed by atoms with Gasteiger partial charge in [-0.25, -0.2) is 4.79 Å². The number of rotatable bonds is 5. The van der Waals surface area contributed by atoms with Gasteiger partial charge in [0.05, 0.1) is 32.0 Å². The quantitative estimate of drug-likeness (QED) is 0.455. The maximum absolute atomic E-state index is 12.2. The molecule has 4 atom stereocenters. The van der Waals surface area contributed by atoms with Crippen LogP contribution in [0, 0.1) is 0 Å². The zero-order chi connectivity index (χ0) is 15.6. The maximum Gasteiger partial charge on any atom is 0.333 e. The van der Waals surface area contributed by atoms with E-state index in [1.165, 1.54) is 6.20 Å². The van der Waals surface area contributed by atoms with Crippen LogP contribution in [0.4, 0.5) is 0 Å². The van der Waals surface area contributed by atoms with Gasteiger partial charge in [0.2, 0.25) is 0 Å². The summed E-state index contributed by atoms with van der Waals surface area (Å²) >= 11 is 0. The van der Waals surface area contributed by atoms with E-state index < -0.39 is 42.4 Å². The number of aliphatic hydroxyl groups is 4. The van der Waals surface area contributed by atoms with E-state index in [1.54, 1.807) is 0 Å². The summed E-state index contributed by atoms with van der Waals surface area (Å²) < 4.78 is 7.25. The lowest BCUT2D eigenvalue weighted by molar-refractivity contribution is -0.0465. The molecule has 1 aromatic heterocycles. The Balaban J connectivity index is 2.32. The fraction of sp³-hybridized carbons (Fsp3) is 0.667. The molecule has 0 bridgehead atoms. The van der Waals surface area contributed by atoms with E-state index in [9.17, 15) is 19.8 Å². The number of hydrogen-bond donors (Lipinski definition) is 4. The van der Waals surface area contributed by atoms with Crippen LogP contribution in [0.25, 0.3) is 0 Å². The molecule has 0 saturated carbocycles. The first-order valence-electron chi connectivity index (χ1n) is 6.53. The van der Waals surface area contributed by atoms with E-state index in [1.807, 2.05) is 0 Å². The molecule has 1 saturated heterocycles. The monoisotopic (exact) mass is 302 g/mol. The van der Waals surface area contributed by atoms with Crippen LogP contribution in [0.3, 0.4) is 0 Å². The fourth-order valence-electron chi connectivity index (χ4n) is 2.24. The molecule has 2 rings (SSSR count). The Labute approximate surface area is 119 Å². The molecule has 2 heterocycles. The molecule has 0 spiro atoms. The Morgan fingerprint density at radius 1 is 1.38 bits per heavy atom. The van der Waals surface area contributed by atoms with Gasteiger partial charge in [0.25, 0.3) is 5.56 Å². The second-order valence-corrected chi connectivity index (χ2v) is 4.91. The van der Waals surface area contributed by atoms with E-state index in [0.29, 0.717) is 0 Å². The van der Waals surface area contributed by atoms with Gasteiger partial charge in [-0.15, -0.1) is 0 Å². The summed E-state index contributed by atoms with van der Waals surface area (Å²) in [6.45, 7) is -1.30. The van der Waals surface area contributed by atoms with Crippen LogP contribution in [-0.4, -0.2) is 61.1 Å². The molecule has 0 aromatic carbocycles. The van der Waals surface area contributed by atoms with Crippen LogP contribution >= 0.6 is 0 Å². The number of aliphatic hydroxyl groups excluding tert-OH is 4. The van der Waals surface area contributed by atoms with Gasteiger partial charge in [-0.1, -0.05) is 0 Å². The van der Waals surface area contributed by atoms with Gasteiger partial charge in [-0.05, 0) is 0 Å². The third kappa shape index (κ3) is 3.22. The minimum absolute atomic E-state index is 0.103. The largest absolute Gasteiger partial charge is 0.394 e. The smallest absolute Gasteiger partial charge is 0.333 e. The lowest BCUT2D eigenvalue weighted by Gasteiger charge is -2.17. The van der Waals surface area contributed by atoms with Crippen molar-refractivity contribution in [2.24, 2.45) is 0 Å². The summed E-state index contributed by atoms with van der Waals surface area (Å²) in [6.07, 6.45) is -2.38. The highest BCUT2D eigenvalue weighted by Gasteiger charge is 2.35. The third-order valence-corrected chi connectivity index (χ3v) is 3.39. The van der Waals surface area contributed by atoms with Crippen molar-refractivity contribution < 1.29 is 25.2 Å². The van der Waals surface area contributed by atoms with Gasteiger partial charge in [-0.3, -0.25) is 13.9 Å². The molecule has 1 aliphatic heterocycles. The first kappa shape index (κ1) is 15.9. The Kier molecular flexibility index (Phi) is 4.91. The zero-order valence-corrected chi connectivity index (χ0v) is 11.2. The predicted molar refractivity (Wildman–Crippen MR) is 69.7 cm³/mol. The molecule has 1 fully saturated rings. The highest BCUT2D eigenvalue weighted by atomic mass is 16.5. The summed E-state index contributed by atoms with van der Waals surface area (Å²) in [5.74, 6) is 0. The molecule has 118 valence electrons. The van der Waals surface area contributed by atoms with E-state index in [-0.39, 0.29) is 19.6 Å². The Morgan fingerprint density at radius 3 is 2.67 bits per heavy atom. The normalized spacial score (nSPS) is 27.0. The molecule has 4 unspecified atom stereocenters. The number of ether oxygens (including phenoxy) is 1. The standard InChI is InChI=1S/C12H18N2O7/c15-5-7(17)4-14-10(19)1-2-13(12(14)20)11-3-8(18)9(6-16)21-11/h1-2,7-9,11,15-18H,3-6H2. The first-order valence-corrected chi connectivity index (χ1v) is 6.53. The minimum Gasteiger partial charge on any atom is -0.394 e. The second-order valence-electron chi connectivity index (χ2n) is 4.91. The summed E-state index contributed by atoms with van der Waals surface area (Å²) in [5.41, 5.74) is -1.33. The molecule has 1 aliphatic rings. The van der Waals surface area contributed by atoms with Crippen LogP contribution in [-0.2, 0) is 11.3 Å². The summed E-state index contributed by atoms with van der Waals surface area (Å²) in [7, 11) is 0. The van der Waals surface area contributed by atoms with Crippen molar-refractivity contribution in [1.82, 2.24) is 9.13 Å². The number of nitrogens with zero attached hydrogens (tertiary/aromatic N) is 2. The van der Waals surface area contributed by atoms with Gasteiger partial charge >= 0.3 is 5.69 Å². The van der Waals surface area contributed by atoms with Gasteiger partial charge in [-0.2, -0.15) is 0 Å².